The van der Waals surface area contributed by atoms with Crippen LogP contribution < -0.4 is 10.9 Å². The molecule has 0 saturated heterocycles. The fourth-order valence-corrected chi connectivity index (χ4v) is 4.36. The normalized spacial score (nSPS) is 11.3. The number of carbonyl (C=O) groups is 1. The van der Waals surface area contributed by atoms with Crippen LogP contribution >= 0.6 is 11.3 Å². The van der Waals surface area contributed by atoms with E-state index in [0.717, 1.165) is 27.2 Å². The Balaban J connectivity index is 1.37. The van der Waals surface area contributed by atoms with Gasteiger partial charge in [-0.25, -0.2) is 14.2 Å². The topological polar surface area (TPSA) is 76.6 Å². The Kier molecular flexibility index (Phi) is 4.63. The fraction of sp³-hybridized carbons (Fsp3) is 0.0870. The van der Waals surface area contributed by atoms with Crippen LogP contribution in [0.2, 0.25) is 0 Å². The predicted octanol–water partition coefficient (Wildman–Crippen LogP) is 4.80. The quantitative estimate of drug-likeness (QED) is 0.413. The molecular weight excluding hydrogens is 417 g/mol. The van der Waals surface area contributed by atoms with Crippen molar-refractivity contribution in [2.75, 3.05) is 5.32 Å². The molecule has 0 saturated carbocycles. The standard InChI is InChI=1S/C23H16FN3O3S/c1-13-8-22(29)30-20-9-16(6-7-18(13)20)25-21(28)10-17-12-31-23-26-19(11-27(17)23)14-2-4-15(24)5-3-14/h2-9,11-12H,10H2,1H3,(H,25,28). The zero-order chi connectivity index (χ0) is 21.5. The number of amides is 1. The Hall–Kier alpha value is -3.78. The van der Waals surface area contributed by atoms with E-state index in [1.807, 2.05) is 29.0 Å². The van der Waals surface area contributed by atoms with Crippen LogP contribution in [0.4, 0.5) is 10.1 Å². The molecule has 31 heavy (non-hydrogen) atoms. The molecule has 5 aromatic rings. The van der Waals surface area contributed by atoms with Crippen molar-refractivity contribution in [2.45, 2.75) is 13.3 Å². The number of carbonyl (C=O) groups excluding carboxylic acids is 1. The molecule has 1 N–H and O–H groups in total. The second kappa shape index (κ2) is 7.48. The van der Waals surface area contributed by atoms with E-state index in [1.54, 1.807) is 24.3 Å². The lowest BCUT2D eigenvalue weighted by Crippen LogP contribution is -2.15. The second-order valence-electron chi connectivity index (χ2n) is 7.20. The van der Waals surface area contributed by atoms with E-state index in [2.05, 4.69) is 10.3 Å². The van der Waals surface area contributed by atoms with Gasteiger partial charge in [0.25, 0.3) is 0 Å². The van der Waals surface area contributed by atoms with Gasteiger partial charge in [0.15, 0.2) is 4.96 Å². The van der Waals surface area contributed by atoms with Gasteiger partial charge in [-0.3, -0.25) is 9.20 Å². The summed E-state index contributed by atoms with van der Waals surface area (Å²) in [7, 11) is 0. The van der Waals surface area contributed by atoms with Gasteiger partial charge < -0.3 is 9.73 Å². The molecule has 3 heterocycles. The number of imidazole rings is 1. The summed E-state index contributed by atoms with van der Waals surface area (Å²) in [4.78, 5) is 29.6. The highest BCUT2D eigenvalue weighted by Crippen LogP contribution is 2.25. The van der Waals surface area contributed by atoms with Crippen molar-refractivity contribution in [1.29, 1.82) is 0 Å². The van der Waals surface area contributed by atoms with Gasteiger partial charge in [0, 0.05) is 46.0 Å². The third-order valence-corrected chi connectivity index (χ3v) is 5.89. The van der Waals surface area contributed by atoms with E-state index in [9.17, 15) is 14.0 Å². The molecule has 0 aliphatic rings. The number of halogens is 1. The first-order chi connectivity index (χ1) is 15.0. The van der Waals surface area contributed by atoms with Crippen LogP contribution in [0.15, 0.2) is 69.3 Å². The summed E-state index contributed by atoms with van der Waals surface area (Å²) >= 11 is 1.43. The van der Waals surface area contributed by atoms with Crippen molar-refractivity contribution >= 4 is 38.9 Å². The van der Waals surface area contributed by atoms with Crippen LogP contribution in [-0.4, -0.2) is 15.3 Å². The zero-order valence-electron chi connectivity index (χ0n) is 16.4. The molecule has 5 rings (SSSR count). The van der Waals surface area contributed by atoms with Gasteiger partial charge in [0.2, 0.25) is 5.91 Å². The summed E-state index contributed by atoms with van der Waals surface area (Å²) in [6.07, 6.45) is 1.99. The number of hydrogen-bond donors (Lipinski definition) is 1. The number of thiazole rings is 1. The van der Waals surface area contributed by atoms with Crippen LogP contribution in [0.5, 0.6) is 0 Å². The first-order valence-corrected chi connectivity index (χ1v) is 10.4. The SMILES string of the molecule is Cc1cc(=O)oc2cc(NC(=O)Cc3csc4nc(-c5ccc(F)cc5)cn34)ccc12. The first-order valence-electron chi connectivity index (χ1n) is 9.52. The Morgan fingerprint density at radius 3 is 2.81 bits per heavy atom. The number of hydrogen-bond acceptors (Lipinski definition) is 5. The summed E-state index contributed by atoms with van der Waals surface area (Å²) in [5.74, 6) is -0.503. The van der Waals surface area contributed by atoms with E-state index in [4.69, 9.17) is 4.42 Å². The lowest BCUT2D eigenvalue weighted by molar-refractivity contribution is -0.115. The Bertz CT molecular complexity index is 1500. The Morgan fingerprint density at radius 2 is 2.00 bits per heavy atom. The molecule has 0 fully saturated rings. The molecule has 154 valence electrons. The van der Waals surface area contributed by atoms with Gasteiger partial charge in [-0.2, -0.15) is 0 Å². The molecule has 0 radical (unpaired) electrons. The third kappa shape index (κ3) is 3.73. The summed E-state index contributed by atoms with van der Waals surface area (Å²) in [5, 5.41) is 5.56. The fourth-order valence-electron chi connectivity index (χ4n) is 3.49. The average molecular weight is 433 g/mol. The number of aromatic nitrogens is 2. The Labute approximate surface area is 179 Å². The molecular formula is C23H16FN3O3S. The minimum absolute atomic E-state index is 0.148. The molecule has 0 aliphatic heterocycles. The minimum Gasteiger partial charge on any atom is -0.423 e. The number of nitrogens with zero attached hydrogens (tertiary/aromatic N) is 2. The van der Waals surface area contributed by atoms with Crippen molar-refractivity contribution in [3.8, 4) is 11.3 Å². The molecule has 0 aliphatic carbocycles. The molecule has 1 amide bonds. The molecule has 6 nitrogen and oxygen atoms in total. The van der Waals surface area contributed by atoms with Crippen LogP contribution in [-0.2, 0) is 11.2 Å². The number of nitrogens with one attached hydrogen (secondary N) is 1. The smallest absolute Gasteiger partial charge is 0.336 e. The Morgan fingerprint density at radius 1 is 1.19 bits per heavy atom. The van der Waals surface area contributed by atoms with Crippen molar-refractivity contribution in [1.82, 2.24) is 9.38 Å². The van der Waals surface area contributed by atoms with E-state index >= 15 is 0 Å². The van der Waals surface area contributed by atoms with Crippen molar-refractivity contribution < 1.29 is 13.6 Å². The summed E-state index contributed by atoms with van der Waals surface area (Å²) in [5.41, 5.74) is 3.69. The number of fused-ring (bicyclic) bond motifs is 2. The molecule has 0 atom stereocenters. The molecule has 0 bridgehead atoms. The number of rotatable bonds is 4. The molecule has 0 spiro atoms. The average Bonchev–Trinajstić information content (AvgIpc) is 3.30. The maximum atomic E-state index is 13.2. The van der Waals surface area contributed by atoms with Gasteiger partial charge in [-0.15, -0.1) is 11.3 Å². The van der Waals surface area contributed by atoms with E-state index < -0.39 is 5.63 Å². The van der Waals surface area contributed by atoms with Crippen LogP contribution in [0.3, 0.4) is 0 Å². The minimum atomic E-state index is -0.425. The van der Waals surface area contributed by atoms with Gasteiger partial charge in [0.1, 0.15) is 11.4 Å². The summed E-state index contributed by atoms with van der Waals surface area (Å²) in [6.45, 7) is 1.84. The zero-order valence-corrected chi connectivity index (χ0v) is 17.2. The van der Waals surface area contributed by atoms with Gasteiger partial charge in [-0.05, 0) is 48.9 Å². The highest BCUT2D eigenvalue weighted by Gasteiger charge is 2.13. The number of aryl methyl sites for hydroxylation is 1. The molecule has 3 aromatic heterocycles. The van der Waals surface area contributed by atoms with Crippen molar-refractivity contribution in [3.05, 3.63) is 87.6 Å². The van der Waals surface area contributed by atoms with Crippen molar-refractivity contribution in [3.63, 3.8) is 0 Å². The largest absolute Gasteiger partial charge is 0.423 e. The molecule has 0 unspecified atom stereocenters. The van der Waals surface area contributed by atoms with Crippen LogP contribution in [0.1, 0.15) is 11.3 Å². The number of benzene rings is 2. The lowest BCUT2D eigenvalue weighted by Gasteiger charge is -2.07. The highest BCUT2D eigenvalue weighted by atomic mass is 32.1. The second-order valence-corrected chi connectivity index (χ2v) is 8.03. The molecule has 2 aromatic carbocycles. The monoisotopic (exact) mass is 433 g/mol. The van der Waals surface area contributed by atoms with E-state index in [1.165, 1.54) is 29.5 Å². The van der Waals surface area contributed by atoms with E-state index in [-0.39, 0.29) is 18.1 Å². The molecule has 8 heteroatoms. The van der Waals surface area contributed by atoms with Crippen molar-refractivity contribution in [2.24, 2.45) is 0 Å². The number of anilines is 1. The maximum Gasteiger partial charge on any atom is 0.336 e. The predicted molar refractivity (Wildman–Crippen MR) is 118 cm³/mol. The third-order valence-electron chi connectivity index (χ3n) is 5.00. The lowest BCUT2D eigenvalue weighted by atomic mass is 10.1. The maximum absolute atomic E-state index is 13.2. The van der Waals surface area contributed by atoms with Crippen LogP contribution in [0, 0.1) is 12.7 Å². The first kappa shape index (κ1) is 19.2. The highest BCUT2D eigenvalue weighted by molar-refractivity contribution is 7.15. The summed E-state index contributed by atoms with van der Waals surface area (Å²) in [6, 6.07) is 12.8. The van der Waals surface area contributed by atoms with Gasteiger partial charge >= 0.3 is 5.63 Å². The summed E-state index contributed by atoms with van der Waals surface area (Å²) < 4.78 is 20.3. The van der Waals surface area contributed by atoms with Gasteiger partial charge in [-0.1, -0.05) is 0 Å². The van der Waals surface area contributed by atoms with E-state index in [0.29, 0.717) is 17.0 Å². The van der Waals surface area contributed by atoms with Gasteiger partial charge in [0.05, 0.1) is 12.1 Å². The van der Waals surface area contributed by atoms with Crippen LogP contribution in [0.25, 0.3) is 27.2 Å².